The summed E-state index contributed by atoms with van der Waals surface area (Å²) in [6.45, 7) is 1.79. The highest BCUT2D eigenvalue weighted by atomic mass is 79.9. The first-order chi connectivity index (χ1) is 7.09. The van der Waals surface area contributed by atoms with E-state index in [-0.39, 0.29) is 5.82 Å². The molecule has 0 heterocycles. The molecule has 1 aromatic carbocycles. The van der Waals surface area contributed by atoms with Crippen LogP contribution in [0.25, 0.3) is 0 Å². The lowest BCUT2D eigenvalue weighted by Gasteiger charge is -2.11. The second-order valence-corrected chi connectivity index (χ2v) is 4.62. The Kier molecular flexibility index (Phi) is 5.05. The fourth-order valence-electron chi connectivity index (χ4n) is 1.25. The summed E-state index contributed by atoms with van der Waals surface area (Å²) in [5.41, 5.74) is 0.558. The number of anilines is 1. The van der Waals surface area contributed by atoms with Crippen molar-refractivity contribution >= 4 is 21.6 Å². The van der Waals surface area contributed by atoms with Crippen molar-refractivity contribution in [2.24, 2.45) is 0 Å². The van der Waals surface area contributed by atoms with Crippen molar-refractivity contribution < 1.29 is 4.39 Å². The van der Waals surface area contributed by atoms with E-state index in [2.05, 4.69) is 26.1 Å². The molecule has 0 bridgehead atoms. The van der Waals surface area contributed by atoms with E-state index in [9.17, 15) is 4.39 Å². The number of halogens is 2. The Morgan fingerprint density at radius 2 is 2.13 bits per heavy atom. The fraction of sp³-hybridized carbons (Fsp3) is 0.455. The van der Waals surface area contributed by atoms with Crippen molar-refractivity contribution in [3.63, 3.8) is 0 Å². The average molecular weight is 275 g/mol. The van der Waals surface area contributed by atoms with E-state index in [4.69, 9.17) is 0 Å². The van der Waals surface area contributed by atoms with Crippen LogP contribution in [0.4, 0.5) is 10.1 Å². The van der Waals surface area contributed by atoms with Gasteiger partial charge in [0.25, 0.3) is 0 Å². The summed E-state index contributed by atoms with van der Waals surface area (Å²) in [5.74, 6) is -0.206. The molecule has 0 amide bonds. The van der Waals surface area contributed by atoms with Crippen molar-refractivity contribution in [3.8, 4) is 0 Å². The lowest BCUT2D eigenvalue weighted by atomic mass is 10.3. The van der Waals surface area contributed by atoms with Crippen molar-refractivity contribution in [1.82, 2.24) is 4.90 Å². The summed E-state index contributed by atoms with van der Waals surface area (Å²) < 4.78 is 14.1. The summed E-state index contributed by atoms with van der Waals surface area (Å²) in [6.07, 6.45) is 0.999. The summed E-state index contributed by atoms with van der Waals surface area (Å²) in [4.78, 5) is 2.11. The molecule has 1 N–H and O–H groups in total. The summed E-state index contributed by atoms with van der Waals surface area (Å²) in [5, 5.41) is 3.08. The van der Waals surface area contributed by atoms with E-state index in [1.807, 2.05) is 14.1 Å². The van der Waals surface area contributed by atoms with Crippen LogP contribution in [0.3, 0.4) is 0 Å². The molecule has 15 heavy (non-hydrogen) atoms. The molecule has 0 unspecified atom stereocenters. The van der Waals surface area contributed by atoms with Gasteiger partial charge in [0, 0.05) is 11.0 Å². The third-order valence-electron chi connectivity index (χ3n) is 2.03. The minimum Gasteiger partial charge on any atom is -0.383 e. The zero-order valence-corrected chi connectivity index (χ0v) is 10.6. The van der Waals surface area contributed by atoms with Crippen molar-refractivity contribution in [2.75, 3.05) is 32.5 Å². The molecule has 0 saturated heterocycles. The van der Waals surface area contributed by atoms with Gasteiger partial charge in [-0.15, -0.1) is 0 Å². The van der Waals surface area contributed by atoms with Gasteiger partial charge in [0.1, 0.15) is 5.82 Å². The van der Waals surface area contributed by atoms with Gasteiger partial charge in [0.05, 0.1) is 5.69 Å². The molecule has 0 spiro atoms. The maximum absolute atomic E-state index is 13.3. The Labute approximate surface area is 98.6 Å². The normalized spacial score (nSPS) is 10.7. The van der Waals surface area contributed by atoms with Crippen LogP contribution in [0.15, 0.2) is 22.7 Å². The molecule has 0 aromatic heterocycles. The lowest BCUT2D eigenvalue weighted by Crippen LogP contribution is -2.16. The van der Waals surface area contributed by atoms with E-state index < -0.39 is 0 Å². The quantitative estimate of drug-likeness (QED) is 0.831. The maximum Gasteiger partial charge on any atom is 0.146 e. The fourth-order valence-corrected chi connectivity index (χ4v) is 1.61. The molecule has 0 fully saturated rings. The van der Waals surface area contributed by atoms with Crippen molar-refractivity contribution in [1.29, 1.82) is 0 Å². The highest BCUT2D eigenvalue weighted by Gasteiger charge is 2.01. The molecule has 84 valence electrons. The van der Waals surface area contributed by atoms with Crippen molar-refractivity contribution in [3.05, 3.63) is 28.5 Å². The van der Waals surface area contributed by atoms with Gasteiger partial charge >= 0.3 is 0 Å². The van der Waals surface area contributed by atoms with E-state index >= 15 is 0 Å². The van der Waals surface area contributed by atoms with Gasteiger partial charge in [-0.2, -0.15) is 0 Å². The standard InChI is InChI=1S/C11H16BrFN2/c1-15(2)7-3-6-14-11-8-9(12)4-5-10(11)13/h4-5,8,14H,3,6-7H2,1-2H3. The SMILES string of the molecule is CN(C)CCCNc1cc(Br)ccc1F. The average Bonchev–Trinajstić information content (AvgIpc) is 2.17. The molecule has 0 aliphatic heterocycles. The Morgan fingerprint density at radius 3 is 2.80 bits per heavy atom. The Bertz CT molecular complexity index is 315. The smallest absolute Gasteiger partial charge is 0.146 e. The molecule has 0 saturated carbocycles. The third kappa shape index (κ3) is 4.62. The molecule has 0 aliphatic carbocycles. The van der Waals surface area contributed by atoms with Crippen LogP contribution in [0.5, 0.6) is 0 Å². The van der Waals surface area contributed by atoms with Crippen LogP contribution in [0.2, 0.25) is 0 Å². The van der Waals surface area contributed by atoms with Crippen LogP contribution >= 0.6 is 15.9 Å². The number of benzene rings is 1. The first kappa shape index (κ1) is 12.5. The minimum absolute atomic E-state index is 0.206. The van der Waals surface area contributed by atoms with Gasteiger partial charge in [0.2, 0.25) is 0 Å². The van der Waals surface area contributed by atoms with E-state index in [0.29, 0.717) is 5.69 Å². The van der Waals surface area contributed by atoms with Crippen LogP contribution in [0, 0.1) is 5.82 Å². The lowest BCUT2D eigenvalue weighted by molar-refractivity contribution is 0.405. The summed E-state index contributed by atoms with van der Waals surface area (Å²) in [7, 11) is 4.05. The van der Waals surface area contributed by atoms with Gasteiger partial charge in [-0.25, -0.2) is 4.39 Å². The van der Waals surface area contributed by atoms with Gasteiger partial charge in [-0.3, -0.25) is 0 Å². The number of nitrogens with zero attached hydrogens (tertiary/aromatic N) is 1. The van der Waals surface area contributed by atoms with Crippen LogP contribution < -0.4 is 5.32 Å². The predicted molar refractivity (Wildman–Crippen MR) is 65.8 cm³/mol. The van der Waals surface area contributed by atoms with Gasteiger partial charge in [-0.05, 0) is 45.3 Å². The number of nitrogens with one attached hydrogen (secondary N) is 1. The molecule has 0 radical (unpaired) electrons. The van der Waals surface area contributed by atoms with E-state index in [0.717, 1.165) is 24.0 Å². The first-order valence-electron chi connectivity index (χ1n) is 4.93. The zero-order valence-electron chi connectivity index (χ0n) is 9.06. The Morgan fingerprint density at radius 1 is 1.40 bits per heavy atom. The van der Waals surface area contributed by atoms with E-state index in [1.54, 1.807) is 12.1 Å². The molecule has 1 aromatic rings. The number of rotatable bonds is 5. The van der Waals surface area contributed by atoms with Crippen molar-refractivity contribution in [2.45, 2.75) is 6.42 Å². The predicted octanol–water partition coefficient (Wildman–Crippen LogP) is 2.95. The van der Waals surface area contributed by atoms with Gasteiger partial charge in [-0.1, -0.05) is 15.9 Å². The first-order valence-corrected chi connectivity index (χ1v) is 5.72. The molecule has 0 atom stereocenters. The third-order valence-corrected chi connectivity index (χ3v) is 2.52. The molecule has 4 heteroatoms. The Hall–Kier alpha value is -0.610. The van der Waals surface area contributed by atoms with Crippen LogP contribution in [-0.2, 0) is 0 Å². The van der Waals surface area contributed by atoms with Crippen LogP contribution in [-0.4, -0.2) is 32.1 Å². The molecular formula is C11H16BrFN2. The molecule has 2 nitrogen and oxygen atoms in total. The largest absolute Gasteiger partial charge is 0.383 e. The molecule has 1 rings (SSSR count). The maximum atomic E-state index is 13.3. The van der Waals surface area contributed by atoms with E-state index in [1.165, 1.54) is 6.07 Å². The second kappa shape index (κ2) is 6.08. The van der Waals surface area contributed by atoms with Gasteiger partial charge in [0.15, 0.2) is 0 Å². The Balaban J connectivity index is 2.40. The molecule has 0 aliphatic rings. The second-order valence-electron chi connectivity index (χ2n) is 3.71. The highest BCUT2D eigenvalue weighted by Crippen LogP contribution is 2.19. The highest BCUT2D eigenvalue weighted by molar-refractivity contribution is 9.10. The van der Waals surface area contributed by atoms with Crippen LogP contribution in [0.1, 0.15) is 6.42 Å². The van der Waals surface area contributed by atoms with Gasteiger partial charge < -0.3 is 10.2 Å². The number of hydrogen-bond acceptors (Lipinski definition) is 2. The summed E-state index contributed by atoms with van der Waals surface area (Å²) in [6, 6.07) is 4.91. The minimum atomic E-state index is -0.206. The zero-order chi connectivity index (χ0) is 11.3. The monoisotopic (exact) mass is 274 g/mol. The summed E-state index contributed by atoms with van der Waals surface area (Å²) >= 11 is 3.31. The number of hydrogen-bond donors (Lipinski definition) is 1. The molecular weight excluding hydrogens is 259 g/mol. The topological polar surface area (TPSA) is 15.3 Å².